The van der Waals surface area contributed by atoms with Gasteiger partial charge in [0.2, 0.25) is 5.91 Å². The summed E-state index contributed by atoms with van der Waals surface area (Å²) in [6.45, 7) is 0. The van der Waals surface area contributed by atoms with Crippen LogP contribution in [0, 0.1) is 0 Å². The SMILES string of the molecule is O=C(C[C@H]1Oc2ccccc2NC1=O)Nc1ccccc1Cl. The van der Waals surface area contributed by atoms with Gasteiger partial charge in [0.15, 0.2) is 6.10 Å². The summed E-state index contributed by atoms with van der Waals surface area (Å²) < 4.78 is 5.58. The molecule has 0 bridgehead atoms. The summed E-state index contributed by atoms with van der Waals surface area (Å²) in [5.74, 6) is -0.127. The Kier molecular flexibility index (Phi) is 3.98. The van der Waals surface area contributed by atoms with E-state index in [1.807, 2.05) is 0 Å². The van der Waals surface area contributed by atoms with Crippen molar-refractivity contribution in [3.8, 4) is 5.75 Å². The number of amides is 2. The van der Waals surface area contributed by atoms with Crippen molar-refractivity contribution < 1.29 is 14.3 Å². The lowest BCUT2D eigenvalue weighted by Crippen LogP contribution is -2.39. The Labute approximate surface area is 132 Å². The number of rotatable bonds is 3. The van der Waals surface area contributed by atoms with Crippen LogP contribution in [-0.2, 0) is 9.59 Å². The van der Waals surface area contributed by atoms with Crippen LogP contribution in [0.5, 0.6) is 5.75 Å². The molecule has 0 radical (unpaired) electrons. The number of hydrogen-bond donors (Lipinski definition) is 2. The Hall–Kier alpha value is -2.53. The summed E-state index contributed by atoms with van der Waals surface area (Å²) in [5, 5.41) is 5.83. The first-order valence-electron chi connectivity index (χ1n) is 6.74. The molecule has 112 valence electrons. The van der Waals surface area contributed by atoms with E-state index in [1.165, 1.54) is 0 Å². The molecule has 0 saturated heterocycles. The Bertz CT molecular complexity index is 733. The number of hydrogen-bond acceptors (Lipinski definition) is 3. The van der Waals surface area contributed by atoms with Gasteiger partial charge in [-0.1, -0.05) is 35.9 Å². The molecule has 0 aliphatic carbocycles. The van der Waals surface area contributed by atoms with Gasteiger partial charge in [0.05, 0.1) is 22.8 Å². The largest absolute Gasteiger partial charge is 0.478 e. The summed E-state index contributed by atoms with van der Waals surface area (Å²) in [5.41, 5.74) is 1.11. The van der Waals surface area contributed by atoms with E-state index in [0.29, 0.717) is 22.1 Å². The van der Waals surface area contributed by atoms with Gasteiger partial charge in [-0.05, 0) is 24.3 Å². The average molecular weight is 317 g/mol. The van der Waals surface area contributed by atoms with E-state index < -0.39 is 6.10 Å². The Morgan fingerprint density at radius 1 is 1.18 bits per heavy atom. The normalized spacial score (nSPS) is 16.2. The molecule has 0 fully saturated rings. The third kappa shape index (κ3) is 3.04. The smallest absolute Gasteiger partial charge is 0.266 e. The van der Waals surface area contributed by atoms with Crippen LogP contribution < -0.4 is 15.4 Å². The summed E-state index contributed by atoms with van der Waals surface area (Å²) in [6, 6.07) is 14.0. The van der Waals surface area contributed by atoms with Crippen LogP contribution in [0.2, 0.25) is 5.02 Å². The molecule has 2 N–H and O–H groups in total. The standard InChI is InChI=1S/C16H13ClN2O3/c17-10-5-1-2-6-11(10)18-15(20)9-14-16(21)19-12-7-3-4-8-13(12)22-14/h1-8,14H,9H2,(H,18,20)(H,19,21)/t14-/m1/s1. The van der Waals surface area contributed by atoms with Crippen LogP contribution in [0.15, 0.2) is 48.5 Å². The summed E-state index contributed by atoms with van der Waals surface area (Å²) in [4.78, 5) is 24.0. The number of carbonyl (C=O) groups excluding carboxylic acids is 2. The highest BCUT2D eigenvalue weighted by Gasteiger charge is 2.29. The maximum Gasteiger partial charge on any atom is 0.266 e. The van der Waals surface area contributed by atoms with Crippen molar-refractivity contribution in [3.63, 3.8) is 0 Å². The molecular formula is C16H13ClN2O3. The fraction of sp³-hybridized carbons (Fsp3) is 0.125. The number of nitrogens with one attached hydrogen (secondary N) is 2. The molecule has 6 heteroatoms. The van der Waals surface area contributed by atoms with Gasteiger partial charge in [-0.15, -0.1) is 0 Å². The highest BCUT2D eigenvalue weighted by atomic mass is 35.5. The first-order valence-corrected chi connectivity index (χ1v) is 7.12. The van der Waals surface area contributed by atoms with Crippen molar-refractivity contribution in [2.75, 3.05) is 10.6 Å². The zero-order valence-electron chi connectivity index (χ0n) is 11.5. The van der Waals surface area contributed by atoms with Crippen LogP contribution in [0.1, 0.15) is 6.42 Å². The lowest BCUT2D eigenvalue weighted by atomic mass is 10.1. The Morgan fingerprint density at radius 3 is 2.73 bits per heavy atom. The summed E-state index contributed by atoms with van der Waals surface area (Å²) in [7, 11) is 0. The van der Waals surface area contributed by atoms with Crippen molar-refractivity contribution in [3.05, 3.63) is 53.6 Å². The first-order chi connectivity index (χ1) is 10.6. The Balaban J connectivity index is 1.67. The number of para-hydroxylation sites is 3. The van der Waals surface area contributed by atoms with Gasteiger partial charge in [0.25, 0.3) is 5.91 Å². The second-order valence-electron chi connectivity index (χ2n) is 4.82. The summed E-state index contributed by atoms with van der Waals surface area (Å²) in [6.07, 6.45) is -0.955. The minimum Gasteiger partial charge on any atom is -0.478 e. The molecule has 2 aromatic carbocycles. The van der Waals surface area contributed by atoms with Crippen molar-refractivity contribution in [2.45, 2.75) is 12.5 Å². The van der Waals surface area contributed by atoms with Crippen LogP contribution in [0.25, 0.3) is 0 Å². The van der Waals surface area contributed by atoms with Gasteiger partial charge in [0, 0.05) is 0 Å². The third-order valence-electron chi connectivity index (χ3n) is 3.23. The maximum atomic E-state index is 12.1. The van der Waals surface area contributed by atoms with E-state index in [1.54, 1.807) is 48.5 Å². The Morgan fingerprint density at radius 2 is 1.91 bits per heavy atom. The van der Waals surface area contributed by atoms with E-state index >= 15 is 0 Å². The van der Waals surface area contributed by atoms with Crippen molar-refractivity contribution in [1.82, 2.24) is 0 Å². The number of fused-ring (bicyclic) bond motifs is 1. The zero-order chi connectivity index (χ0) is 15.5. The molecular weight excluding hydrogens is 304 g/mol. The first kappa shape index (κ1) is 14.4. The minimum absolute atomic E-state index is 0.0919. The highest BCUT2D eigenvalue weighted by molar-refractivity contribution is 6.33. The number of halogens is 1. The molecule has 0 unspecified atom stereocenters. The lowest BCUT2D eigenvalue weighted by molar-refractivity contribution is -0.128. The van der Waals surface area contributed by atoms with Gasteiger partial charge in [0.1, 0.15) is 5.75 Å². The number of ether oxygens (including phenoxy) is 1. The van der Waals surface area contributed by atoms with Crippen molar-refractivity contribution >= 4 is 34.8 Å². The van der Waals surface area contributed by atoms with Gasteiger partial charge >= 0.3 is 0 Å². The van der Waals surface area contributed by atoms with E-state index in [2.05, 4.69) is 10.6 Å². The number of benzene rings is 2. The predicted molar refractivity (Wildman–Crippen MR) is 84.2 cm³/mol. The minimum atomic E-state index is -0.864. The van der Waals surface area contributed by atoms with Gasteiger partial charge in [-0.2, -0.15) is 0 Å². The fourth-order valence-electron chi connectivity index (χ4n) is 2.16. The summed E-state index contributed by atoms with van der Waals surface area (Å²) >= 11 is 5.98. The van der Waals surface area contributed by atoms with E-state index in [9.17, 15) is 9.59 Å². The molecule has 3 rings (SSSR count). The van der Waals surface area contributed by atoms with Crippen LogP contribution in [-0.4, -0.2) is 17.9 Å². The molecule has 0 aromatic heterocycles. The molecule has 1 aliphatic heterocycles. The number of anilines is 2. The lowest BCUT2D eigenvalue weighted by Gasteiger charge is -2.25. The second kappa shape index (κ2) is 6.07. The van der Waals surface area contributed by atoms with Crippen LogP contribution in [0.3, 0.4) is 0 Å². The average Bonchev–Trinajstić information content (AvgIpc) is 2.50. The molecule has 0 spiro atoms. The molecule has 2 aromatic rings. The third-order valence-corrected chi connectivity index (χ3v) is 3.55. The highest BCUT2D eigenvalue weighted by Crippen LogP contribution is 2.29. The molecule has 1 heterocycles. The van der Waals surface area contributed by atoms with Gasteiger partial charge in [-0.3, -0.25) is 9.59 Å². The molecule has 5 nitrogen and oxygen atoms in total. The fourth-order valence-corrected chi connectivity index (χ4v) is 2.34. The van der Waals surface area contributed by atoms with E-state index in [0.717, 1.165) is 0 Å². The molecule has 22 heavy (non-hydrogen) atoms. The van der Waals surface area contributed by atoms with Gasteiger partial charge < -0.3 is 15.4 Å². The van der Waals surface area contributed by atoms with Crippen molar-refractivity contribution in [1.29, 1.82) is 0 Å². The van der Waals surface area contributed by atoms with Gasteiger partial charge in [-0.25, -0.2) is 0 Å². The van der Waals surface area contributed by atoms with E-state index in [-0.39, 0.29) is 18.2 Å². The van der Waals surface area contributed by atoms with Crippen molar-refractivity contribution in [2.24, 2.45) is 0 Å². The monoisotopic (exact) mass is 316 g/mol. The topological polar surface area (TPSA) is 67.4 Å². The van der Waals surface area contributed by atoms with Crippen LogP contribution >= 0.6 is 11.6 Å². The molecule has 0 saturated carbocycles. The molecule has 1 atom stereocenters. The van der Waals surface area contributed by atoms with Crippen LogP contribution in [0.4, 0.5) is 11.4 Å². The molecule has 1 aliphatic rings. The molecule has 2 amide bonds. The van der Waals surface area contributed by atoms with E-state index in [4.69, 9.17) is 16.3 Å². The number of carbonyl (C=O) groups is 2. The zero-order valence-corrected chi connectivity index (χ0v) is 12.3. The maximum absolute atomic E-state index is 12.1. The quantitative estimate of drug-likeness (QED) is 0.914. The second-order valence-corrected chi connectivity index (χ2v) is 5.23. The predicted octanol–water partition coefficient (Wildman–Crippen LogP) is 3.07.